The zero-order chi connectivity index (χ0) is 20.6. The molecule has 1 aromatic carbocycles. The van der Waals surface area contributed by atoms with Crippen molar-refractivity contribution in [3.05, 3.63) is 64.4 Å². The molecule has 6 heteroatoms. The molecular formula is C22H30N2O3S. The lowest BCUT2D eigenvalue weighted by Crippen LogP contribution is -2.49. The van der Waals surface area contributed by atoms with Gasteiger partial charge in [0.15, 0.2) is 0 Å². The van der Waals surface area contributed by atoms with Crippen LogP contribution in [0.5, 0.6) is 0 Å². The fraction of sp³-hybridized carbons (Fsp3) is 0.409. The fourth-order valence-corrected chi connectivity index (χ4v) is 3.47. The van der Waals surface area contributed by atoms with Crippen LogP contribution in [0.15, 0.2) is 48.4 Å². The minimum atomic E-state index is -0.759. The molecule has 0 bridgehead atoms. The van der Waals surface area contributed by atoms with E-state index >= 15 is 0 Å². The van der Waals surface area contributed by atoms with E-state index in [1.165, 1.54) is 0 Å². The number of hydrogen-bond acceptors (Lipinski definition) is 5. The number of rotatable bonds is 9. The second-order valence-electron chi connectivity index (χ2n) is 7.70. The first-order valence-electron chi connectivity index (χ1n) is 9.39. The van der Waals surface area contributed by atoms with Crippen LogP contribution >= 0.6 is 11.3 Å². The summed E-state index contributed by atoms with van der Waals surface area (Å²) in [5, 5.41) is 18.8. The third kappa shape index (κ3) is 7.84. The number of hydrogen-bond donors (Lipinski definition) is 3. The zero-order valence-electron chi connectivity index (χ0n) is 16.8. The molecule has 2 aromatic rings. The lowest BCUT2D eigenvalue weighted by Gasteiger charge is -2.27. The summed E-state index contributed by atoms with van der Waals surface area (Å²) in [6.45, 7) is 10.2. The van der Waals surface area contributed by atoms with Gasteiger partial charge in [-0.2, -0.15) is 0 Å². The van der Waals surface area contributed by atoms with E-state index in [4.69, 9.17) is 4.74 Å². The highest BCUT2D eigenvalue weighted by Crippen LogP contribution is 2.15. The summed E-state index contributed by atoms with van der Waals surface area (Å²) in [7, 11) is 0. The molecular weight excluding hydrogens is 372 g/mol. The van der Waals surface area contributed by atoms with Crippen LogP contribution < -0.4 is 10.6 Å². The molecule has 1 heterocycles. The Balaban J connectivity index is 1.95. The molecule has 2 atom stereocenters. The van der Waals surface area contributed by atoms with E-state index < -0.39 is 23.8 Å². The van der Waals surface area contributed by atoms with Crippen LogP contribution in [0, 0.1) is 0 Å². The van der Waals surface area contributed by atoms with Crippen molar-refractivity contribution in [2.45, 2.75) is 51.5 Å². The highest BCUT2D eigenvalue weighted by Gasteiger charge is 2.24. The van der Waals surface area contributed by atoms with Gasteiger partial charge >= 0.3 is 6.09 Å². The molecule has 1 aromatic heterocycles. The van der Waals surface area contributed by atoms with Gasteiger partial charge in [-0.3, -0.25) is 0 Å². The van der Waals surface area contributed by atoms with E-state index in [1.54, 1.807) is 11.3 Å². The number of benzene rings is 1. The molecule has 0 saturated carbocycles. The maximum Gasteiger partial charge on any atom is 0.407 e. The summed E-state index contributed by atoms with van der Waals surface area (Å²) in [5.41, 5.74) is 1.59. The van der Waals surface area contributed by atoms with Gasteiger partial charge in [-0.1, -0.05) is 43.0 Å². The second-order valence-corrected chi connectivity index (χ2v) is 8.64. The molecule has 0 aliphatic heterocycles. The smallest absolute Gasteiger partial charge is 0.407 e. The summed E-state index contributed by atoms with van der Waals surface area (Å²) in [5.74, 6) is 0. The van der Waals surface area contributed by atoms with Gasteiger partial charge in [-0.25, -0.2) is 4.79 Å². The van der Waals surface area contributed by atoms with Gasteiger partial charge in [0.25, 0.3) is 0 Å². The number of carbonyl (C=O) groups is 1. The van der Waals surface area contributed by atoms with Crippen LogP contribution in [0.25, 0.3) is 6.08 Å². The summed E-state index contributed by atoms with van der Waals surface area (Å²) in [4.78, 5) is 13.3. The molecule has 0 spiro atoms. The molecule has 3 N–H and O–H groups in total. The van der Waals surface area contributed by atoms with Gasteiger partial charge in [0.05, 0.1) is 12.1 Å². The van der Waals surface area contributed by atoms with Crippen molar-refractivity contribution >= 4 is 23.5 Å². The van der Waals surface area contributed by atoms with Crippen LogP contribution in [-0.4, -0.2) is 35.5 Å². The fourth-order valence-electron chi connectivity index (χ4n) is 2.71. The first-order chi connectivity index (χ1) is 13.3. The Morgan fingerprint density at radius 1 is 1.29 bits per heavy atom. The van der Waals surface area contributed by atoms with E-state index in [0.717, 1.165) is 16.0 Å². The van der Waals surface area contributed by atoms with Gasteiger partial charge in [0, 0.05) is 18.0 Å². The zero-order valence-corrected chi connectivity index (χ0v) is 17.6. The van der Waals surface area contributed by atoms with Crippen molar-refractivity contribution < 1.29 is 14.6 Å². The lowest BCUT2D eigenvalue weighted by atomic mass is 10.0. The maximum atomic E-state index is 12.2. The van der Waals surface area contributed by atoms with Crippen molar-refractivity contribution in [3.63, 3.8) is 0 Å². The largest absolute Gasteiger partial charge is 0.444 e. The van der Waals surface area contributed by atoms with Gasteiger partial charge in [0.1, 0.15) is 5.60 Å². The number of thiophene rings is 1. The first kappa shape index (κ1) is 22.1. The van der Waals surface area contributed by atoms with Crippen LogP contribution in [0.3, 0.4) is 0 Å². The van der Waals surface area contributed by atoms with Crippen molar-refractivity contribution in [1.82, 2.24) is 10.6 Å². The molecule has 1 amide bonds. The molecule has 0 aliphatic rings. The van der Waals surface area contributed by atoms with Gasteiger partial charge in [-0.15, -0.1) is 11.3 Å². The Hall–Kier alpha value is -2.15. The van der Waals surface area contributed by atoms with Gasteiger partial charge in [0.2, 0.25) is 0 Å². The number of aliphatic hydroxyl groups excluding tert-OH is 1. The van der Waals surface area contributed by atoms with Crippen molar-refractivity contribution in [2.75, 3.05) is 6.54 Å². The Labute approximate surface area is 171 Å². The number of ether oxygens (including phenoxy) is 1. The predicted octanol–water partition coefficient (Wildman–Crippen LogP) is 3.98. The summed E-state index contributed by atoms with van der Waals surface area (Å²) in [6, 6.07) is 11.4. The number of aliphatic hydroxyl groups is 1. The van der Waals surface area contributed by atoms with Gasteiger partial charge < -0.3 is 20.5 Å². The van der Waals surface area contributed by atoms with E-state index in [9.17, 15) is 9.90 Å². The highest BCUT2D eigenvalue weighted by atomic mass is 32.1. The molecule has 0 fully saturated rings. The topological polar surface area (TPSA) is 70.6 Å². The Morgan fingerprint density at radius 3 is 2.61 bits per heavy atom. The molecule has 0 aliphatic carbocycles. The summed E-state index contributed by atoms with van der Waals surface area (Å²) < 4.78 is 5.36. The Bertz CT molecular complexity index is 753. The van der Waals surface area contributed by atoms with Crippen LogP contribution in [0.2, 0.25) is 0 Å². The van der Waals surface area contributed by atoms with E-state index in [0.29, 0.717) is 19.5 Å². The van der Waals surface area contributed by atoms with E-state index in [2.05, 4.69) is 28.7 Å². The number of carbonyl (C=O) groups excluding carboxylic acids is 1. The average molecular weight is 403 g/mol. The maximum absolute atomic E-state index is 12.2. The number of amides is 1. The standard InChI is InChI=1S/C22H30N2O3S/c1-5-18-11-17(15-28-18)13-23-14-20(25)19(12-16-9-7-6-8-10-16)24-21(26)27-22(2,3)4/h5-11,15,19-20,23,25H,1,12-14H2,2-4H3,(H,24,26)/t19-,20-/m0/s1. The normalized spacial score (nSPS) is 13.6. The van der Waals surface area contributed by atoms with Gasteiger partial charge in [-0.05, 0) is 49.8 Å². The van der Waals surface area contributed by atoms with Crippen molar-refractivity contribution in [2.24, 2.45) is 0 Å². The monoisotopic (exact) mass is 402 g/mol. The summed E-state index contributed by atoms with van der Waals surface area (Å²) >= 11 is 1.64. The van der Waals surface area contributed by atoms with Crippen molar-refractivity contribution in [3.8, 4) is 0 Å². The van der Waals surface area contributed by atoms with Crippen LogP contribution in [0.1, 0.15) is 36.8 Å². The first-order valence-corrected chi connectivity index (χ1v) is 10.3. The number of alkyl carbamates (subject to hydrolysis) is 1. The third-order valence-electron chi connectivity index (χ3n) is 4.02. The minimum absolute atomic E-state index is 0.354. The molecule has 152 valence electrons. The van der Waals surface area contributed by atoms with Crippen LogP contribution in [0.4, 0.5) is 4.79 Å². The molecule has 0 saturated heterocycles. The van der Waals surface area contributed by atoms with Crippen LogP contribution in [-0.2, 0) is 17.7 Å². The highest BCUT2D eigenvalue weighted by molar-refractivity contribution is 7.11. The molecule has 0 radical (unpaired) electrons. The average Bonchev–Trinajstić information content (AvgIpc) is 3.08. The molecule has 0 unspecified atom stereocenters. The molecule has 5 nitrogen and oxygen atoms in total. The molecule has 2 rings (SSSR count). The van der Waals surface area contributed by atoms with E-state index in [-0.39, 0.29) is 0 Å². The second kappa shape index (κ2) is 10.4. The third-order valence-corrected chi connectivity index (χ3v) is 5.00. The lowest BCUT2D eigenvalue weighted by molar-refractivity contribution is 0.0422. The SMILES string of the molecule is C=Cc1cc(CNC[C@H](O)[C@H](Cc2ccccc2)NC(=O)OC(C)(C)C)cs1. The molecule has 28 heavy (non-hydrogen) atoms. The Morgan fingerprint density at radius 2 is 2.00 bits per heavy atom. The van der Waals surface area contributed by atoms with E-state index in [1.807, 2.05) is 57.2 Å². The number of nitrogens with one attached hydrogen (secondary N) is 2. The quantitative estimate of drug-likeness (QED) is 0.593. The minimum Gasteiger partial charge on any atom is -0.444 e. The summed E-state index contributed by atoms with van der Waals surface area (Å²) in [6.07, 6.45) is 1.05. The Kier molecular flexibility index (Phi) is 8.23. The predicted molar refractivity (Wildman–Crippen MR) is 115 cm³/mol. The van der Waals surface area contributed by atoms with Crippen molar-refractivity contribution in [1.29, 1.82) is 0 Å².